The van der Waals surface area contributed by atoms with Crippen LogP contribution in [0.1, 0.15) is 76.7 Å². The first-order chi connectivity index (χ1) is 16.6. The van der Waals surface area contributed by atoms with Crippen LogP contribution in [0.4, 0.5) is 5.95 Å². The Morgan fingerprint density at radius 1 is 1.12 bits per heavy atom. The van der Waals surface area contributed by atoms with Gasteiger partial charge in [-0.25, -0.2) is 15.0 Å². The number of pyridine rings is 1. The molecule has 8 nitrogen and oxygen atoms in total. The molecule has 2 aromatic heterocycles. The van der Waals surface area contributed by atoms with Gasteiger partial charge < -0.3 is 24.8 Å². The van der Waals surface area contributed by atoms with Gasteiger partial charge in [0.25, 0.3) is 0 Å². The zero-order valence-corrected chi connectivity index (χ0v) is 21.0. The van der Waals surface area contributed by atoms with Crippen LogP contribution in [0.25, 0.3) is 10.9 Å². The summed E-state index contributed by atoms with van der Waals surface area (Å²) in [6, 6.07) is 0.316. The third-order valence-corrected chi connectivity index (χ3v) is 7.27. The lowest BCUT2D eigenvalue weighted by Gasteiger charge is -2.32. The van der Waals surface area contributed by atoms with Crippen molar-refractivity contribution in [2.75, 3.05) is 38.7 Å². The maximum absolute atomic E-state index is 9.99. The first kappa shape index (κ1) is 25.1. The van der Waals surface area contributed by atoms with Crippen molar-refractivity contribution in [1.82, 2.24) is 19.9 Å². The van der Waals surface area contributed by atoms with Crippen molar-refractivity contribution in [2.24, 2.45) is 0 Å². The number of ether oxygens (including phenoxy) is 2. The number of nitrogens with one attached hydrogen (secondary N) is 1. The number of piperidine rings is 1. The molecule has 1 unspecified atom stereocenters. The number of nitrogens with zero attached hydrogens (tertiary/aromatic N) is 4. The smallest absolute Gasteiger partial charge is 0.224 e. The predicted molar refractivity (Wildman–Crippen MR) is 135 cm³/mol. The number of aliphatic hydroxyl groups is 1. The lowest BCUT2D eigenvalue weighted by molar-refractivity contribution is 0.0781. The Morgan fingerprint density at radius 3 is 2.59 bits per heavy atom. The number of rotatable bonds is 10. The van der Waals surface area contributed by atoms with Gasteiger partial charge in [-0.2, -0.15) is 0 Å². The minimum Gasteiger partial charge on any atom is -0.474 e. The molecule has 0 bridgehead atoms. The van der Waals surface area contributed by atoms with Crippen LogP contribution in [0.5, 0.6) is 5.88 Å². The molecule has 1 aliphatic carbocycles. The molecule has 2 N–H and O–H groups in total. The van der Waals surface area contributed by atoms with Crippen LogP contribution < -0.4 is 10.1 Å². The van der Waals surface area contributed by atoms with E-state index < -0.39 is 0 Å². The molecule has 0 amide bonds. The fourth-order valence-corrected chi connectivity index (χ4v) is 5.22. The van der Waals surface area contributed by atoms with Crippen LogP contribution in [0, 0.1) is 0 Å². The lowest BCUT2D eigenvalue weighted by atomic mass is 9.83. The van der Waals surface area contributed by atoms with Gasteiger partial charge in [0.05, 0.1) is 23.6 Å². The van der Waals surface area contributed by atoms with Gasteiger partial charge in [-0.15, -0.1) is 0 Å². The van der Waals surface area contributed by atoms with E-state index in [4.69, 9.17) is 19.4 Å². The van der Waals surface area contributed by atoms with Crippen molar-refractivity contribution in [3.63, 3.8) is 0 Å². The predicted octanol–water partition coefficient (Wildman–Crippen LogP) is 4.13. The van der Waals surface area contributed by atoms with Gasteiger partial charge >= 0.3 is 0 Å². The van der Waals surface area contributed by atoms with Crippen molar-refractivity contribution in [1.29, 1.82) is 0 Å². The number of aliphatic hydroxyl groups excluding tert-OH is 1. The second-order valence-electron chi connectivity index (χ2n) is 9.97. The van der Waals surface area contributed by atoms with Crippen molar-refractivity contribution in [3.8, 4) is 5.88 Å². The number of fused-ring (bicyclic) bond motifs is 1. The van der Waals surface area contributed by atoms with Gasteiger partial charge in [-0.3, -0.25) is 0 Å². The molecule has 2 aromatic rings. The standard InChI is InChI=1S/C26H41N5O3/c1-4-5-18(2)29-26-28-17-23-24(30-26)22(19-6-8-20(32)9-7-19)16-27-25(23)34-21-10-12-31(13-11-21)14-15-33-3/h16-21,32H,4-15H2,1-3H3,(H,28,29,30). The summed E-state index contributed by atoms with van der Waals surface area (Å²) in [6.45, 7) is 8.10. The Bertz CT molecular complexity index is 911. The van der Waals surface area contributed by atoms with E-state index in [1.165, 1.54) is 0 Å². The number of anilines is 1. The minimum absolute atomic E-state index is 0.146. The summed E-state index contributed by atoms with van der Waals surface area (Å²) in [7, 11) is 1.75. The normalized spacial score (nSPS) is 23.2. The molecule has 3 heterocycles. The summed E-state index contributed by atoms with van der Waals surface area (Å²) in [6.07, 6.45) is 11.5. The van der Waals surface area contributed by atoms with E-state index >= 15 is 0 Å². The van der Waals surface area contributed by atoms with Crippen LogP contribution in [0.15, 0.2) is 12.4 Å². The Kier molecular flexibility index (Phi) is 8.92. The summed E-state index contributed by atoms with van der Waals surface area (Å²) in [5, 5.41) is 14.3. The second-order valence-corrected chi connectivity index (χ2v) is 9.97. The number of hydrogen-bond acceptors (Lipinski definition) is 8. The average molecular weight is 472 g/mol. The number of likely N-dealkylation sites (tertiary alicyclic amines) is 1. The Labute approximate surface area is 203 Å². The monoisotopic (exact) mass is 471 g/mol. The minimum atomic E-state index is -0.186. The maximum Gasteiger partial charge on any atom is 0.224 e. The molecule has 2 fully saturated rings. The highest BCUT2D eigenvalue weighted by Crippen LogP contribution is 2.38. The Morgan fingerprint density at radius 2 is 1.88 bits per heavy atom. The molecular formula is C26H41N5O3. The van der Waals surface area contributed by atoms with Gasteiger partial charge in [0.1, 0.15) is 6.10 Å². The number of methoxy groups -OCH3 is 1. The van der Waals surface area contributed by atoms with E-state index in [9.17, 15) is 5.11 Å². The first-order valence-corrected chi connectivity index (χ1v) is 13.1. The van der Waals surface area contributed by atoms with Crippen molar-refractivity contribution < 1.29 is 14.6 Å². The van der Waals surface area contributed by atoms with Crippen molar-refractivity contribution >= 4 is 16.9 Å². The molecule has 188 valence electrons. The highest BCUT2D eigenvalue weighted by Gasteiger charge is 2.26. The zero-order chi connectivity index (χ0) is 23.9. The molecule has 8 heteroatoms. The van der Waals surface area contributed by atoms with E-state index in [1.807, 2.05) is 12.4 Å². The summed E-state index contributed by atoms with van der Waals surface area (Å²) in [4.78, 5) is 16.8. The summed E-state index contributed by atoms with van der Waals surface area (Å²) >= 11 is 0. The summed E-state index contributed by atoms with van der Waals surface area (Å²) in [5.41, 5.74) is 2.09. The lowest BCUT2D eigenvalue weighted by Crippen LogP contribution is -2.39. The molecule has 0 radical (unpaired) electrons. The highest BCUT2D eigenvalue weighted by molar-refractivity contribution is 5.86. The number of hydrogen-bond donors (Lipinski definition) is 2. The topological polar surface area (TPSA) is 92.6 Å². The molecule has 2 aliphatic rings. The first-order valence-electron chi connectivity index (χ1n) is 13.1. The van der Waals surface area contributed by atoms with Crippen LogP contribution in [0.2, 0.25) is 0 Å². The molecule has 0 aromatic carbocycles. The van der Waals surface area contributed by atoms with Gasteiger partial charge in [0.15, 0.2) is 0 Å². The van der Waals surface area contributed by atoms with Crippen LogP contribution in [0.3, 0.4) is 0 Å². The molecule has 1 atom stereocenters. The van der Waals surface area contributed by atoms with Crippen LogP contribution in [-0.2, 0) is 4.74 Å². The molecule has 1 saturated heterocycles. The fraction of sp³-hybridized carbons (Fsp3) is 0.731. The SMILES string of the molecule is CCCC(C)Nc1ncc2c(OC3CCN(CCOC)CC3)ncc(C3CCC(O)CC3)c2n1. The Hall–Kier alpha value is -2.03. The molecule has 4 rings (SSSR count). The quantitative estimate of drug-likeness (QED) is 0.534. The van der Waals surface area contributed by atoms with Crippen molar-refractivity contribution in [2.45, 2.75) is 89.4 Å². The molecule has 1 aliphatic heterocycles. The van der Waals surface area contributed by atoms with Gasteiger partial charge in [0.2, 0.25) is 11.8 Å². The summed E-state index contributed by atoms with van der Waals surface area (Å²) < 4.78 is 11.6. The van der Waals surface area contributed by atoms with Gasteiger partial charge in [-0.1, -0.05) is 13.3 Å². The molecular weight excluding hydrogens is 430 g/mol. The molecule has 0 spiro atoms. The second kappa shape index (κ2) is 12.1. The van der Waals surface area contributed by atoms with Crippen LogP contribution in [-0.4, -0.2) is 76.6 Å². The summed E-state index contributed by atoms with van der Waals surface area (Å²) in [5.74, 6) is 1.65. The average Bonchev–Trinajstić information content (AvgIpc) is 2.84. The largest absolute Gasteiger partial charge is 0.474 e. The fourth-order valence-electron chi connectivity index (χ4n) is 5.22. The Balaban J connectivity index is 1.56. The van der Waals surface area contributed by atoms with E-state index in [0.717, 1.165) is 94.1 Å². The van der Waals surface area contributed by atoms with E-state index in [0.29, 0.717) is 23.8 Å². The third-order valence-electron chi connectivity index (χ3n) is 7.27. The van der Waals surface area contributed by atoms with Crippen LogP contribution >= 0.6 is 0 Å². The molecule has 34 heavy (non-hydrogen) atoms. The van der Waals surface area contributed by atoms with Crippen molar-refractivity contribution in [3.05, 3.63) is 18.0 Å². The third kappa shape index (κ3) is 6.34. The van der Waals surface area contributed by atoms with E-state index in [1.54, 1.807) is 7.11 Å². The zero-order valence-electron chi connectivity index (χ0n) is 21.0. The molecule has 1 saturated carbocycles. The van der Waals surface area contributed by atoms with Gasteiger partial charge in [-0.05, 0) is 57.8 Å². The maximum atomic E-state index is 9.99. The van der Waals surface area contributed by atoms with E-state index in [2.05, 4.69) is 29.0 Å². The number of aromatic nitrogens is 3. The highest BCUT2D eigenvalue weighted by atomic mass is 16.5. The van der Waals surface area contributed by atoms with E-state index in [-0.39, 0.29) is 12.2 Å². The van der Waals surface area contributed by atoms with Gasteiger partial charge in [0, 0.05) is 50.7 Å².